The topological polar surface area (TPSA) is 37.3 Å². The summed E-state index contributed by atoms with van der Waals surface area (Å²) in [6, 6.07) is 3.76. The summed E-state index contributed by atoms with van der Waals surface area (Å²) in [5.41, 5.74) is 0. The van der Waals surface area contributed by atoms with Crippen molar-refractivity contribution in [3.8, 4) is 0 Å². The van der Waals surface area contributed by atoms with Crippen LogP contribution in [0.2, 0.25) is 0 Å². The molecule has 0 fully saturated rings. The number of carboxylic acids is 1. The molecule has 4 heteroatoms. The summed E-state index contributed by atoms with van der Waals surface area (Å²) in [5.74, 6) is -0.832. The molecule has 1 N–H and O–H groups in total. The van der Waals surface area contributed by atoms with Crippen LogP contribution in [0.3, 0.4) is 0 Å². The van der Waals surface area contributed by atoms with Crippen LogP contribution in [0.1, 0.15) is 14.5 Å². The molecule has 0 radical (unpaired) electrons. The molecule has 62 valence electrons. The van der Waals surface area contributed by atoms with Gasteiger partial charge >= 0.3 is 5.97 Å². The van der Waals surface area contributed by atoms with Gasteiger partial charge in [0.15, 0.2) is 0 Å². The van der Waals surface area contributed by atoms with Crippen molar-refractivity contribution in [1.82, 2.24) is 0 Å². The summed E-state index contributed by atoms with van der Waals surface area (Å²) >= 11 is 2.97. The summed E-state index contributed by atoms with van der Waals surface area (Å²) in [5, 5.41) is 8.69. The number of fused-ring (bicyclic) bond motifs is 1. The molecule has 0 saturated carbocycles. The predicted molar refractivity (Wildman–Crippen MR) is 51.4 cm³/mol. The first-order valence-electron chi connectivity index (χ1n) is 3.40. The third-order valence-corrected chi connectivity index (χ3v) is 3.74. The Hall–Kier alpha value is -0.870. The van der Waals surface area contributed by atoms with Crippen LogP contribution in [0.5, 0.6) is 0 Å². The van der Waals surface area contributed by atoms with Crippen molar-refractivity contribution in [3.63, 3.8) is 0 Å². The molecule has 0 aromatic carbocycles. The van der Waals surface area contributed by atoms with E-state index in [0.717, 1.165) is 9.40 Å². The third kappa shape index (κ3) is 1.13. The molecule has 0 spiro atoms. The standard InChI is InChI=1S/C8H6O2S2/c1-4-2-5-6(11-4)3-7(12-5)8(9)10/h2-3H,1H3,(H,9,10). The summed E-state index contributed by atoms with van der Waals surface area (Å²) in [6.07, 6.45) is 0. The van der Waals surface area contributed by atoms with Gasteiger partial charge in [0.05, 0.1) is 0 Å². The normalized spacial score (nSPS) is 10.8. The smallest absolute Gasteiger partial charge is 0.345 e. The van der Waals surface area contributed by atoms with Crippen LogP contribution < -0.4 is 0 Å². The minimum atomic E-state index is -0.832. The SMILES string of the molecule is Cc1cc2sc(C(=O)O)cc2s1. The summed E-state index contributed by atoms with van der Waals surface area (Å²) in [7, 11) is 0. The van der Waals surface area contributed by atoms with Crippen LogP contribution in [-0.2, 0) is 0 Å². The molecule has 0 unspecified atom stereocenters. The van der Waals surface area contributed by atoms with Gasteiger partial charge in [0, 0.05) is 14.3 Å². The molecule has 2 aromatic rings. The van der Waals surface area contributed by atoms with E-state index in [2.05, 4.69) is 0 Å². The van der Waals surface area contributed by atoms with Crippen molar-refractivity contribution in [2.24, 2.45) is 0 Å². The van der Waals surface area contributed by atoms with Crippen molar-refractivity contribution in [2.45, 2.75) is 6.92 Å². The summed E-state index contributed by atoms with van der Waals surface area (Å²) < 4.78 is 2.16. The van der Waals surface area contributed by atoms with Crippen molar-refractivity contribution in [3.05, 3.63) is 21.9 Å². The van der Waals surface area contributed by atoms with E-state index in [4.69, 9.17) is 5.11 Å². The molecule has 0 aliphatic heterocycles. The molecule has 0 aliphatic rings. The van der Waals surface area contributed by atoms with E-state index in [0.29, 0.717) is 4.88 Å². The van der Waals surface area contributed by atoms with Gasteiger partial charge in [-0.15, -0.1) is 22.7 Å². The molecule has 2 aromatic heterocycles. The minimum absolute atomic E-state index is 0.427. The zero-order chi connectivity index (χ0) is 8.72. The average molecular weight is 198 g/mol. The van der Waals surface area contributed by atoms with Gasteiger partial charge in [-0.2, -0.15) is 0 Å². The lowest BCUT2D eigenvalue weighted by Gasteiger charge is -1.81. The highest BCUT2D eigenvalue weighted by Crippen LogP contribution is 2.32. The Morgan fingerprint density at radius 3 is 2.58 bits per heavy atom. The Kier molecular flexibility index (Phi) is 1.66. The largest absolute Gasteiger partial charge is 0.477 e. The lowest BCUT2D eigenvalue weighted by molar-refractivity contribution is 0.0702. The fourth-order valence-electron chi connectivity index (χ4n) is 1.06. The second-order valence-electron chi connectivity index (χ2n) is 2.50. The number of carbonyl (C=O) groups is 1. The maximum absolute atomic E-state index is 10.6. The minimum Gasteiger partial charge on any atom is -0.477 e. The molecule has 0 bridgehead atoms. The number of rotatable bonds is 1. The van der Waals surface area contributed by atoms with E-state index in [-0.39, 0.29) is 0 Å². The number of aromatic carboxylic acids is 1. The molecule has 2 heterocycles. The highest BCUT2D eigenvalue weighted by molar-refractivity contribution is 7.28. The molecule has 0 aliphatic carbocycles. The van der Waals surface area contributed by atoms with Crippen LogP contribution in [0.25, 0.3) is 9.40 Å². The van der Waals surface area contributed by atoms with Gasteiger partial charge in [-0.25, -0.2) is 4.79 Å². The summed E-state index contributed by atoms with van der Waals surface area (Å²) in [6.45, 7) is 2.03. The highest BCUT2D eigenvalue weighted by Gasteiger charge is 2.09. The number of hydrogen-bond acceptors (Lipinski definition) is 3. The number of carboxylic acid groups (broad SMARTS) is 1. The van der Waals surface area contributed by atoms with Crippen molar-refractivity contribution in [1.29, 1.82) is 0 Å². The van der Waals surface area contributed by atoms with Crippen LogP contribution in [0.15, 0.2) is 12.1 Å². The van der Waals surface area contributed by atoms with E-state index in [1.807, 2.05) is 13.0 Å². The molecule has 0 amide bonds. The molecular weight excluding hydrogens is 192 g/mol. The van der Waals surface area contributed by atoms with Crippen LogP contribution in [-0.4, -0.2) is 11.1 Å². The first kappa shape index (κ1) is 7.76. The van der Waals surface area contributed by atoms with Crippen LogP contribution in [0.4, 0.5) is 0 Å². The van der Waals surface area contributed by atoms with Gasteiger partial charge in [0.25, 0.3) is 0 Å². The molecule has 12 heavy (non-hydrogen) atoms. The molecule has 2 nitrogen and oxygen atoms in total. The van der Waals surface area contributed by atoms with Gasteiger partial charge < -0.3 is 5.11 Å². The van der Waals surface area contributed by atoms with Gasteiger partial charge in [-0.1, -0.05) is 0 Å². The Morgan fingerprint density at radius 2 is 2.00 bits per heavy atom. The number of aryl methyl sites for hydroxylation is 1. The Morgan fingerprint density at radius 1 is 1.33 bits per heavy atom. The van der Waals surface area contributed by atoms with Crippen LogP contribution in [0, 0.1) is 6.92 Å². The van der Waals surface area contributed by atoms with Crippen LogP contribution >= 0.6 is 22.7 Å². The second kappa shape index (κ2) is 2.57. The van der Waals surface area contributed by atoms with Crippen molar-refractivity contribution in [2.75, 3.05) is 0 Å². The summed E-state index contributed by atoms with van der Waals surface area (Å²) in [4.78, 5) is 12.2. The maximum Gasteiger partial charge on any atom is 0.345 e. The second-order valence-corrected chi connectivity index (χ2v) is 4.87. The van der Waals surface area contributed by atoms with Gasteiger partial charge in [-0.05, 0) is 19.1 Å². The number of hydrogen-bond donors (Lipinski definition) is 1. The maximum atomic E-state index is 10.6. The van der Waals surface area contributed by atoms with E-state index < -0.39 is 5.97 Å². The first-order valence-corrected chi connectivity index (χ1v) is 5.03. The molecule has 2 rings (SSSR count). The third-order valence-electron chi connectivity index (χ3n) is 1.54. The van der Waals surface area contributed by atoms with E-state index >= 15 is 0 Å². The average Bonchev–Trinajstić information content (AvgIpc) is 2.42. The van der Waals surface area contributed by atoms with Crippen molar-refractivity contribution >= 4 is 38.0 Å². The monoisotopic (exact) mass is 198 g/mol. The number of thiophene rings is 2. The van der Waals surface area contributed by atoms with E-state index in [1.165, 1.54) is 16.2 Å². The van der Waals surface area contributed by atoms with Gasteiger partial charge in [0.1, 0.15) is 4.88 Å². The zero-order valence-corrected chi connectivity index (χ0v) is 7.96. The van der Waals surface area contributed by atoms with E-state index in [9.17, 15) is 4.79 Å². The first-order chi connectivity index (χ1) is 5.66. The fourth-order valence-corrected chi connectivity index (χ4v) is 3.22. The molecular formula is C8H6O2S2. The molecule has 0 saturated heterocycles. The quantitative estimate of drug-likeness (QED) is 0.764. The van der Waals surface area contributed by atoms with Gasteiger partial charge in [-0.3, -0.25) is 0 Å². The molecule has 0 atom stereocenters. The Labute approximate surface area is 77.1 Å². The Bertz CT molecular complexity index is 407. The predicted octanol–water partition coefficient (Wildman–Crippen LogP) is 2.97. The lowest BCUT2D eigenvalue weighted by Crippen LogP contribution is -1.89. The van der Waals surface area contributed by atoms with Crippen molar-refractivity contribution < 1.29 is 9.90 Å². The highest BCUT2D eigenvalue weighted by atomic mass is 32.1. The fraction of sp³-hybridized carbons (Fsp3) is 0.125. The zero-order valence-electron chi connectivity index (χ0n) is 6.33. The van der Waals surface area contributed by atoms with Gasteiger partial charge in [0.2, 0.25) is 0 Å². The Balaban J connectivity index is 2.64. The lowest BCUT2D eigenvalue weighted by atomic mass is 10.4. The van der Waals surface area contributed by atoms with E-state index in [1.54, 1.807) is 17.4 Å².